The van der Waals surface area contributed by atoms with Gasteiger partial charge in [0.05, 0.1) is 13.7 Å². The quantitative estimate of drug-likeness (QED) is 0.0573. The molecule has 0 aromatic heterocycles. The molecule has 0 saturated heterocycles. The molecule has 0 N–H and O–H groups in total. The van der Waals surface area contributed by atoms with E-state index in [1.54, 1.807) is 0 Å². The van der Waals surface area contributed by atoms with Crippen LogP contribution >= 0.6 is 0 Å². The van der Waals surface area contributed by atoms with E-state index in [9.17, 15) is 9.59 Å². The van der Waals surface area contributed by atoms with Gasteiger partial charge in [0.15, 0.2) is 0 Å². The number of esters is 2. The van der Waals surface area contributed by atoms with E-state index in [2.05, 4.69) is 4.90 Å². The molecule has 0 aromatic rings. The van der Waals surface area contributed by atoms with E-state index in [1.165, 1.54) is 155 Å². The molecule has 1 aliphatic carbocycles. The molecule has 0 bridgehead atoms. The molecule has 0 heterocycles. The summed E-state index contributed by atoms with van der Waals surface area (Å²) in [6.07, 6.45) is 36.0. The Kier molecular flexibility index (Phi) is 26.6. The monoisotopic (exact) mass is 594 g/mol. The topological polar surface area (TPSA) is 55.8 Å². The number of carbonyl (C=O) groups is 2. The van der Waals surface area contributed by atoms with Gasteiger partial charge in [-0.05, 0) is 58.2 Å². The molecule has 5 heteroatoms. The fraction of sp³-hybridized carbons (Fsp3) is 0.946. The Morgan fingerprint density at radius 3 is 1.33 bits per heavy atom. The van der Waals surface area contributed by atoms with E-state index in [1.807, 2.05) is 14.1 Å². The lowest BCUT2D eigenvalue weighted by Gasteiger charge is -2.09. The summed E-state index contributed by atoms with van der Waals surface area (Å²) in [5.74, 6) is 2.00. The molecular weight excluding hydrogens is 522 g/mol. The Labute approximate surface area is 261 Å². The molecule has 0 aromatic carbocycles. The zero-order valence-electron chi connectivity index (χ0n) is 28.4. The molecule has 42 heavy (non-hydrogen) atoms. The normalized spacial score (nSPS) is 16.2. The standard InChI is InChI=1S/C37H71NO4/c1-38(2)31-26-30-37(40)42-32-25-21-16-14-12-10-8-6-4-5-7-9-11-13-15-18-22-27-34-33-35(34)28-23-19-17-20-24-29-36(39)41-3/h34-35H,4-33H2,1-3H3. The Balaban J connectivity index is 1.68. The lowest BCUT2D eigenvalue weighted by atomic mass is 10.0. The van der Waals surface area contributed by atoms with Crippen LogP contribution in [-0.4, -0.2) is 51.2 Å². The van der Waals surface area contributed by atoms with Crippen molar-refractivity contribution in [2.45, 2.75) is 180 Å². The number of nitrogens with zero attached hydrogens (tertiary/aromatic N) is 1. The molecular formula is C37H71NO4. The molecule has 1 saturated carbocycles. The molecule has 2 unspecified atom stereocenters. The first kappa shape index (κ1) is 38.9. The van der Waals surface area contributed by atoms with Gasteiger partial charge < -0.3 is 14.4 Å². The average molecular weight is 594 g/mol. The van der Waals surface area contributed by atoms with Crippen LogP contribution in [0.15, 0.2) is 0 Å². The molecule has 1 aliphatic rings. The second kappa shape index (κ2) is 28.7. The second-order valence-electron chi connectivity index (χ2n) is 13.6. The van der Waals surface area contributed by atoms with Crippen molar-refractivity contribution in [1.82, 2.24) is 4.90 Å². The number of ether oxygens (including phenoxy) is 2. The van der Waals surface area contributed by atoms with Gasteiger partial charge in [-0.15, -0.1) is 0 Å². The largest absolute Gasteiger partial charge is 0.469 e. The second-order valence-corrected chi connectivity index (χ2v) is 13.6. The zero-order chi connectivity index (χ0) is 30.5. The van der Waals surface area contributed by atoms with E-state index in [0.717, 1.165) is 37.6 Å². The van der Waals surface area contributed by atoms with Gasteiger partial charge in [-0.1, -0.05) is 141 Å². The predicted octanol–water partition coefficient (Wildman–Crippen LogP) is 10.4. The minimum absolute atomic E-state index is 0.0322. The maximum Gasteiger partial charge on any atom is 0.305 e. The maximum atomic E-state index is 11.6. The van der Waals surface area contributed by atoms with Crippen molar-refractivity contribution < 1.29 is 19.1 Å². The molecule has 0 amide bonds. The highest BCUT2D eigenvalue weighted by molar-refractivity contribution is 5.69. The molecule has 0 aliphatic heterocycles. The summed E-state index contributed by atoms with van der Waals surface area (Å²) < 4.78 is 10.0. The summed E-state index contributed by atoms with van der Waals surface area (Å²) in [6.45, 7) is 1.55. The van der Waals surface area contributed by atoms with Crippen molar-refractivity contribution in [2.24, 2.45) is 11.8 Å². The minimum Gasteiger partial charge on any atom is -0.469 e. The first-order valence-corrected chi connectivity index (χ1v) is 18.4. The summed E-state index contributed by atoms with van der Waals surface area (Å²) in [5.41, 5.74) is 0. The molecule has 2 atom stereocenters. The SMILES string of the molecule is COC(=O)CCCCCCCC1CC1CCCCCCCCCCCCCCCCCCCOC(=O)CCCN(C)C. The first-order valence-electron chi connectivity index (χ1n) is 18.4. The first-order chi connectivity index (χ1) is 20.5. The Bertz CT molecular complexity index is 623. The van der Waals surface area contributed by atoms with Gasteiger partial charge >= 0.3 is 11.9 Å². The van der Waals surface area contributed by atoms with Gasteiger partial charge in [0.2, 0.25) is 0 Å². The van der Waals surface area contributed by atoms with Gasteiger partial charge in [0.1, 0.15) is 0 Å². The Hall–Kier alpha value is -1.10. The van der Waals surface area contributed by atoms with E-state index in [4.69, 9.17) is 9.47 Å². The van der Waals surface area contributed by atoms with Gasteiger partial charge in [-0.2, -0.15) is 0 Å². The fourth-order valence-corrected chi connectivity index (χ4v) is 6.28. The van der Waals surface area contributed by atoms with Crippen LogP contribution in [-0.2, 0) is 19.1 Å². The summed E-state index contributed by atoms with van der Waals surface area (Å²) in [7, 11) is 5.54. The minimum atomic E-state index is -0.0624. The van der Waals surface area contributed by atoms with Crippen LogP contribution in [0.2, 0.25) is 0 Å². The number of carbonyl (C=O) groups excluding carboxylic acids is 2. The zero-order valence-corrected chi connectivity index (χ0v) is 28.4. The summed E-state index contributed by atoms with van der Waals surface area (Å²) >= 11 is 0. The number of hydrogen-bond donors (Lipinski definition) is 0. The van der Waals surface area contributed by atoms with E-state index < -0.39 is 0 Å². The number of hydrogen-bond acceptors (Lipinski definition) is 5. The lowest BCUT2D eigenvalue weighted by Crippen LogP contribution is -2.15. The molecule has 0 spiro atoms. The smallest absolute Gasteiger partial charge is 0.305 e. The predicted molar refractivity (Wildman–Crippen MR) is 178 cm³/mol. The summed E-state index contributed by atoms with van der Waals surface area (Å²) in [6, 6.07) is 0. The third kappa shape index (κ3) is 26.5. The van der Waals surface area contributed by atoms with Crippen LogP contribution in [0, 0.1) is 11.8 Å². The number of rotatable bonds is 32. The molecule has 1 rings (SSSR count). The van der Waals surface area contributed by atoms with Crippen molar-refractivity contribution in [3.05, 3.63) is 0 Å². The summed E-state index contributed by atoms with van der Waals surface area (Å²) in [5, 5.41) is 0. The van der Waals surface area contributed by atoms with Crippen molar-refractivity contribution in [1.29, 1.82) is 0 Å². The van der Waals surface area contributed by atoms with Crippen LogP contribution in [0.4, 0.5) is 0 Å². The van der Waals surface area contributed by atoms with E-state index in [-0.39, 0.29) is 11.9 Å². The van der Waals surface area contributed by atoms with Crippen LogP contribution in [0.5, 0.6) is 0 Å². The van der Waals surface area contributed by atoms with E-state index in [0.29, 0.717) is 19.4 Å². The van der Waals surface area contributed by atoms with Crippen LogP contribution < -0.4 is 0 Å². The van der Waals surface area contributed by atoms with E-state index >= 15 is 0 Å². The highest BCUT2D eigenvalue weighted by Gasteiger charge is 2.34. The fourth-order valence-electron chi connectivity index (χ4n) is 6.28. The van der Waals surface area contributed by atoms with Crippen molar-refractivity contribution in [3.63, 3.8) is 0 Å². The third-order valence-corrected chi connectivity index (χ3v) is 9.22. The van der Waals surface area contributed by atoms with Gasteiger partial charge in [-0.3, -0.25) is 9.59 Å². The average Bonchev–Trinajstić information content (AvgIpc) is 3.73. The maximum absolute atomic E-state index is 11.6. The molecule has 5 nitrogen and oxygen atoms in total. The van der Waals surface area contributed by atoms with Gasteiger partial charge in [0.25, 0.3) is 0 Å². The molecule has 0 radical (unpaired) electrons. The van der Waals surface area contributed by atoms with Gasteiger partial charge in [-0.25, -0.2) is 0 Å². The Morgan fingerprint density at radius 1 is 0.524 bits per heavy atom. The van der Waals surface area contributed by atoms with Crippen molar-refractivity contribution >= 4 is 11.9 Å². The number of methoxy groups -OCH3 is 1. The Morgan fingerprint density at radius 2 is 0.905 bits per heavy atom. The van der Waals surface area contributed by atoms with Crippen molar-refractivity contribution in [3.8, 4) is 0 Å². The van der Waals surface area contributed by atoms with Crippen molar-refractivity contribution in [2.75, 3.05) is 34.4 Å². The third-order valence-electron chi connectivity index (χ3n) is 9.22. The van der Waals surface area contributed by atoms with Crippen LogP contribution in [0.1, 0.15) is 180 Å². The highest BCUT2D eigenvalue weighted by atomic mass is 16.5. The summed E-state index contributed by atoms with van der Waals surface area (Å²) in [4.78, 5) is 24.9. The lowest BCUT2D eigenvalue weighted by molar-refractivity contribution is -0.144. The van der Waals surface area contributed by atoms with Crippen LogP contribution in [0.25, 0.3) is 0 Å². The molecule has 248 valence electrons. The van der Waals surface area contributed by atoms with Crippen LogP contribution in [0.3, 0.4) is 0 Å². The highest BCUT2D eigenvalue weighted by Crippen LogP contribution is 2.45. The van der Waals surface area contributed by atoms with Gasteiger partial charge in [0, 0.05) is 12.8 Å². The number of unbranched alkanes of at least 4 members (excludes halogenated alkanes) is 20. The molecule has 1 fully saturated rings.